The minimum atomic E-state index is -0.385. The largest absolute Gasteiger partial charge is 0.466 e. The third-order valence-corrected chi connectivity index (χ3v) is 2.33. The first-order chi connectivity index (χ1) is 8.19. The molecule has 4 nitrogen and oxygen atoms in total. The summed E-state index contributed by atoms with van der Waals surface area (Å²) in [6, 6.07) is 7.09. The van der Waals surface area contributed by atoms with E-state index in [2.05, 4.69) is 4.74 Å². The molecular weight excluding hydrogens is 220 g/mol. The third-order valence-electron chi connectivity index (χ3n) is 2.33. The topological polar surface area (TPSA) is 52.6 Å². The van der Waals surface area contributed by atoms with E-state index in [4.69, 9.17) is 4.74 Å². The molecule has 1 rings (SSSR count). The van der Waals surface area contributed by atoms with E-state index in [0.717, 1.165) is 5.56 Å². The molecule has 92 valence electrons. The number of esters is 2. The van der Waals surface area contributed by atoms with Gasteiger partial charge >= 0.3 is 11.9 Å². The standard InChI is InChI=1S/C13H16O4/c1-3-17-12(14)9-8-10-6-4-5-7-11(10)13(15)16-2/h4-7H,3,8-9H2,1-2H3. The molecule has 0 saturated heterocycles. The number of ether oxygens (including phenoxy) is 2. The zero-order chi connectivity index (χ0) is 12.7. The van der Waals surface area contributed by atoms with Crippen molar-refractivity contribution in [2.24, 2.45) is 0 Å². The van der Waals surface area contributed by atoms with E-state index in [-0.39, 0.29) is 18.4 Å². The zero-order valence-electron chi connectivity index (χ0n) is 10.1. The third kappa shape index (κ3) is 3.90. The molecule has 17 heavy (non-hydrogen) atoms. The Morgan fingerprint density at radius 2 is 1.94 bits per heavy atom. The maximum absolute atomic E-state index is 11.5. The Labute approximate surface area is 101 Å². The molecule has 0 bridgehead atoms. The summed E-state index contributed by atoms with van der Waals surface area (Å²) in [5.74, 6) is -0.642. The van der Waals surface area contributed by atoms with Gasteiger partial charge in [0.15, 0.2) is 0 Å². The lowest BCUT2D eigenvalue weighted by molar-refractivity contribution is -0.143. The molecule has 0 atom stereocenters. The molecule has 0 saturated carbocycles. The second-order valence-electron chi connectivity index (χ2n) is 3.45. The van der Waals surface area contributed by atoms with Gasteiger partial charge in [0.25, 0.3) is 0 Å². The predicted octanol–water partition coefficient (Wildman–Crippen LogP) is 1.97. The van der Waals surface area contributed by atoms with Gasteiger partial charge < -0.3 is 9.47 Å². The van der Waals surface area contributed by atoms with Crippen molar-refractivity contribution in [2.45, 2.75) is 19.8 Å². The second-order valence-corrected chi connectivity index (χ2v) is 3.45. The molecule has 1 aromatic carbocycles. The summed E-state index contributed by atoms with van der Waals surface area (Å²) in [5, 5.41) is 0. The van der Waals surface area contributed by atoms with Crippen LogP contribution in [-0.4, -0.2) is 25.7 Å². The van der Waals surface area contributed by atoms with Crippen LogP contribution in [-0.2, 0) is 20.7 Å². The van der Waals surface area contributed by atoms with Crippen LogP contribution in [0.4, 0.5) is 0 Å². The molecule has 0 aliphatic heterocycles. The van der Waals surface area contributed by atoms with Gasteiger partial charge in [-0.15, -0.1) is 0 Å². The lowest BCUT2D eigenvalue weighted by atomic mass is 10.0. The van der Waals surface area contributed by atoms with Crippen LogP contribution >= 0.6 is 0 Å². The zero-order valence-corrected chi connectivity index (χ0v) is 10.1. The number of hydrogen-bond donors (Lipinski definition) is 0. The van der Waals surface area contributed by atoms with Gasteiger partial charge in [-0.3, -0.25) is 4.79 Å². The molecule has 0 amide bonds. The van der Waals surface area contributed by atoms with Gasteiger partial charge in [-0.2, -0.15) is 0 Å². The monoisotopic (exact) mass is 236 g/mol. The Kier molecular flexibility index (Phi) is 5.20. The van der Waals surface area contributed by atoms with Crippen molar-refractivity contribution in [3.8, 4) is 0 Å². The molecule has 0 fully saturated rings. The summed E-state index contributed by atoms with van der Waals surface area (Å²) in [4.78, 5) is 22.7. The fraction of sp³-hybridized carbons (Fsp3) is 0.385. The molecule has 0 N–H and O–H groups in total. The van der Waals surface area contributed by atoms with Crippen molar-refractivity contribution in [1.82, 2.24) is 0 Å². The Balaban J connectivity index is 2.70. The highest BCUT2D eigenvalue weighted by atomic mass is 16.5. The number of rotatable bonds is 5. The minimum absolute atomic E-state index is 0.257. The van der Waals surface area contributed by atoms with Crippen LogP contribution in [0.5, 0.6) is 0 Å². The van der Waals surface area contributed by atoms with Crippen LogP contribution in [0.25, 0.3) is 0 Å². The molecule has 0 aliphatic carbocycles. The highest BCUT2D eigenvalue weighted by Crippen LogP contribution is 2.12. The molecule has 4 heteroatoms. The Morgan fingerprint density at radius 1 is 1.24 bits per heavy atom. The average Bonchev–Trinajstić information content (AvgIpc) is 2.36. The van der Waals surface area contributed by atoms with Gasteiger partial charge in [0.1, 0.15) is 0 Å². The minimum Gasteiger partial charge on any atom is -0.466 e. The summed E-state index contributed by atoms with van der Waals surface area (Å²) in [5.41, 5.74) is 1.30. The summed E-state index contributed by atoms with van der Waals surface area (Å²) < 4.78 is 9.51. The maximum Gasteiger partial charge on any atom is 0.338 e. The van der Waals surface area contributed by atoms with Crippen LogP contribution in [0.1, 0.15) is 29.3 Å². The van der Waals surface area contributed by atoms with E-state index in [1.807, 2.05) is 12.1 Å². The summed E-state index contributed by atoms with van der Waals surface area (Å²) in [6.45, 7) is 2.14. The van der Waals surface area contributed by atoms with Crippen LogP contribution in [0.2, 0.25) is 0 Å². The van der Waals surface area contributed by atoms with Gasteiger partial charge in [-0.1, -0.05) is 18.2 Å². The first-order valence-electron chi connectivity index (χ1n) is 5.50. The van der Waals surface area contributed by atoms with Gasteiger partial charge in [-0.05, 0) is 25.0 Å². The van der Waals surface area contributed by atoms with E-state index < -0.39 is 0 Å². The summed E-state index contributed by atoms with van der Waals surface area (Å²) in [6.07, 6.45) is 0.742. The number of hydrogen-bond acceptors (Lipinski definition) is 4. The van der Waals surface area contributed by atoms with Crippen molar-refractivity contribution in [3.63, 3.8) is 0 Å². The molecule has 0 radical (unpaired) electrons. The SMILES string of the molecule is CCOC(=O)CCc1ccccc1C(=O)OC. The van der Waals surface area contributed by atoms with Crippen LogP contribution < -0.4 is 0 Å². The number of aryl methyl sites for hydroxylation is 1. The Morgan fingerprint density at radius 3 is 2.59 bits per heavy atom. The lowest BCUT2D eigenvalue weighted by Crippen LogP contribution is -2.09. The molecule has 1 aromatic rings. The fourth-order valence-corrected chi connectivity index (χ4v) is 1.52. The van der Waals surface area contributed by atoms with Crippen molar-refractivity contribution >= 4 is 11.9 Å². The van der Waals surface area contributed by atoms with Gasteiger partial charge in [0.2, 0.25) is 0 Å². The van der Waals surface area contributed by atoms with Crippen LogP contribution in [0, 0.1) is 0 Å². The fourth-order valence-electron chi connectivity index (χ4n) is 1.52. The molecule has 0 unspecified atom stereocenters. The first kappa shape index (κ1) is 13.2. The summed E-state index contributed by atoms with van der Waals surface area (Å²) in [7, 11) is 1.34. The quantitative estimate of drug-likeness (QED) is 0.733. The molecule has 0 aromatic heterocycles. The number of carbonyl (C=O) groups excluding carboxylic acids is 2. The van der Waals surface area contributed by atoms with E-state index in [1.165, 1.54) is 7.11 Å². The van der Waals surface area contributed by atoms with Crippen molar-refractivity contribution in [2.75, 3.05) is 13.7 Å². The average molecular weight is 236 g/mol. The van der Waals surface area contributed by atoms with E-state index in [9.17, 15) is 9.59 Å². The van der Waals surface area contributed by atoms with Gasteiger partial charge in [0.05, 0.1) is 19.3 Å². The first-order valence-corrected chi connectivity index (χ1v) is 5.50. The smallest absolute Gasteiger partial charge is 0.338 e. The van der Waals surface area contributed by atoms with Gasteiger partial charge in [0, 0.05) is 6.42 Å². The number of benzene rings is 1. The van der Waals surface area contributed by atoms with E-state index in [1.54, 1.807) is 19.1 Å². The molecule has 0 spiro atoms. The van der Waals surface area contributed by atoms with Crippen molar-refractivity contribution < 1.29 is 19.1 Å². The maximum atomic E-state index is 11.5. The van der Waals surface area contributed by atoms with Crippen molar-refractivity contribution in [1.29, 1.82) is 0 Å². The van der Waals surface area contributed by atoms with E-state index in [0.29, 0.717) is 18.6 Å². The normalized spacial score (nSPS) is 9.76. The Bertz CT molecular complexity index is 398. The highest BCUT2D eigenvalue weighted by molar-refractivity contribution is 5.91. The van der Waals surface area contributed by atoms with Crippen LogP contribution in [0.15, 0.2) is 24.3 Å². The number of methoxy groups -OCH3 is 1. The molecular formula is C13H16O4. The second kappa shape index (κ2) is 6.68. The van der Waals surface area contributed by atoms with Gasteiger partial charge in [-0.25, -0.2) is 4.79 Å². The Hall–Kier alpha value is -1.84. The molecule has 0 aliphatic rings. The van der Waals surface area contributed by atoms with Crippen molar-refractivity contribution in [3.05, 3.63) is 35.4 Å². The lowest BCUT2D eigenvalue weighted by Gasteiger charge is -2.07. The highest BCUT2D eigenvalue weighted by Gasteiger charge is 2.12. The molecule has 0 heterocycles. The number of carbonyl (C=O) groups is 2. The van der Waals surface area contributed by atoms with E-state index >= 15 is 0 Å². The summed E-state index contributed by atoms with van der Waals surface area (Å²) >= 11 is 0. The van der Waals surface area contributed by atoms with Crippen LogP contribution in [0.3, 0.4) is 0 Å². The predicted molar refractivity (Wildman–Crippen MR) is 62.7 cm³/mol.